The van der Waals surface area contributed by atoms with Gasteiger partial charge in [-0.2, -0.15) is 40.2 Å². The van der Waals surface area contributed by atoms with Crippen LogP contribution in [-0.4, -0.2) is 101 Å². The van der Waals surface area contributed by atoms with Crippen LogP contribution in [0.5, 0.6) is 0 Å². The molecule has 0 saturated carbocycles. The third-order valence-electron chi connectivity index (χ3n) is 9.85. The highest BCUT2D eigenvalue weighted by molar-refractivity contribution is 14.1. The van der Waals surface area contributed by atoms with E-state index in [1.165, 1.54) is 24.3 Å². The van der Waals surface area contributed by atoms with Crippen molar-refractivity contribution in [2.45, 2.75) is 83.9 Å². The zero-order valence-corrected chi connectivity index (χ0v) is 37.9. The van der Waals surface area contributed by atoms with Gasteiger partial charge in [0.1, 0.15) is 29.2 Å². The van der Waals surface area contributed by atoms with Gasteiger partial charge >= 0.3 is 37.2 Å². The minimum Gasteiger partial charge on any atom is -0.453 e. The van der Waals surface area contributed by atoms with Crippen molar-refractivity contribution >= 4 is 64.3 Å². The molecular weight excluding hydrogens is 1050 g/mol. The predicted molar refractivity (Wildman–Crippen MR) is 218 cm³/mol. The quantitative estimate of drug-likeness (QED) is 0.0231. The number of hydrazine groups is 1. The first-order chi connectivity index (χ1) is 30.4. The van der Waals surface area contributed by atoms with Crippen molar-refractivity contribution in [2.24, 2.45) is 16.6 Å². The molecule has 1 heterocycles. The summed E-state index contributed by atoms with van der Waals surface area (Å²) >= 11 is 7.46. The van der Waals surface area contributed by atoms with Crippen LogP contribution in [0.3, 0.4) is 0 Å². The number of carbonyl (C=O) groups excluding carboxylic acids is 5. The number of hydrogen-bond donors (Lipinski definition) is 4. The largest absolute Gasteiger partial charge is 0.509 e. The number of ether oxygens (including phenoxy) is 4. The van der Waals surface area contributed by atoms with E-state index in [1.54, 1.807) is 5.32 Å². The molecule has 4 amide bonds. The van der Waals surface area contributed by atoms with E-state index in [0.29, 0.717) is 48.4 Å². The van der Waals surface area contributed by atoms with Gasteiger partial charge in [0.05, 0.1) is 30.8 Å². The van der Waals surface area contributed by atoms with Crippen molar-refractivity contribution < 1.29 is 86.8 Å². The molecule has 3 rings (SSSR count). The molecule has 0 aliphatic rings. The Kier molecular flexibility index (Phi) is 18.7. The summed E-state index contributed by atoms with van der Waals surface area (Å²) in [7, 11) is 0.753. The van der Waals surface area contributed by atoms with Crippen LogP contribution in [0.1, 0.15) is 45.4 Å². The second kappa shape index (κ2) is 22.4. The summed E-state index contributed by atoms with van der Waals surface area (Å²) < 4.78 is 165. The highest BCUT2D eigenvalue weighted by atomic mass is 127. The van der Waals surface area contributed by atoms with E-state index in [4.69, 9.17) is 22.1 Å². The maximum absolute atomic E-state index is 16.0. The average molecular weight is 1090 g/mol. The van der Waals surface area contributed by atoms with E-state index in [9.17, 15) is 59.1 Å². The van der Waals surface area contributed by atoms with Crippen molar-refractivity contribution in [3.63, 3.8) is 0 Å². The number of carbonyl (C=O) groups is 5. The van der Waals surface area contributed by atoms with Crippen molar-refractivity contribution in [1.29, 1.82) is 0 Å². The second-order valence-electron chi connectivity index (χ2n) is 15.2. The Morgan fingerprint density at radius 2 is 1.45 bits per heavy atom. The number of hydrogen-bond acceptors (Lipinski definition) is 11. The maximum Gasteiger partial charge on any atom is 0.509 e. The van der Waals surface area contributed by atoms with Crippen LogP contribution in [0.25, 0.3) is 11.3 Å². The lowest BCUT2D eigenvalue weighted by Gasteiger charge is -2.38. The molecule has 5 N–H and O–H groups in total. The highest BCUT2D eigenvalue weighted by Crippen LogP contribution is 2.42. The maximum atomic E-state index is 16.0. The summed E-state index contributed by atoms with van der Waals surface area (Å²) in [6.07, 6.45) is -20.2. The van der Waals surface area contributed by atoms with E-state index >= 15 is 8.78 Å². The predicted octanol–water partition coefficient (Wildman–Crippen LogP) is 7.47. The van der Waals surface area contributed by atoms with E-state index in [-0.39, 0.29) is 15.9 Å². The molecule has 0 aliphatic carbocycles. The van der Waals surface area contributed by atoms with Crippen LogP contribution >= 0.6 is 34.2 Å². The van der Waals surface area contributed by atoms with Gasteiger partial charge in [0.25, 0.3) is 11.8 Å². The molecule has 366 valence electrons. The number of halogens is 12. The summed E-state index contributed by atoms with van der Waals surface area (Å²) in [6.45, 7) is -3.58. The average Bonchev–Trinajstić information content (AvgIpc) is 3.70. The Hall–Kier alpha value is -5.32. The number of nitrogens with one attached hydrogen (secondary N) is 3. The molecule has 28 heteroatoms. The third kappa shape index (κ3) is 14.3. The lowest BCUT2D eigenvalue weighted by Crippen LogP contribution is -2.63. The standard InChI is InChI=1S/C38H41ClF10IN7O9/c1-35(2,37(44,45)46)27(53-33(61)63-5)29(58)55-56(15-21-22(40)13-19(14-23(21)41)24-10-11-57(54-24)31(42)43)16-26(65-34(62)64-17-39)25(12-18-6-8-20(50)9-7-18)52-30(59)28(66-32(51)60)36(3,4)38(47,48)49/h6-11,13-14,25-28,31H,12,15-17H2,1-5H3,(H2,51,60)(H,52,59)(H,53,61)(H,55,58)/t25-,26-,27+,28+/m0/s1. The molecule has 4 atom stereocenters. The van der Waals surface area contributed by atoms with Gasteiger partial charge in [0.15, 0.2) is 12.2 Å². The molecular formula is C38H41ClF10IN7O9. The minimum absolute atomic E-state index is 0.171. The SMILES string of the molecule is COC(=O)N[C@H](C(=O)NN(Cc1c(F)cc(-c2ccn(C(F)F)n2)cc1F)C[C@H](OC(=O)OCCl)[C@H](Cc1ccc(I)cc1)NC(=O)[C@@H](OC(N)=O)C(C)(C)C(F)(F)F)C(C)(C)C(F)(F)F. The van der Waals surface area contributed by atoms with Crippen LogP contribution < -0.4 is 21.8 Å². The number of benzene rings is 2. The van der Waals surface area contributed by atoms with Gasteiger partial charge in [0.2, 0.25) is 0 Å². The summed E-state index contributed by atoms with van der Waals surface area (Å²) in [4.78, 5) is 64.9. The number of alkyl carbamates (subject to hydrolysis) is 1. The molecule has 0 saturated heterocycles. The van der Waals surface area contributed by atoms with Crippen molar-refractivity contribution in [3.8, 4) is 11.3 Å². The lowest BCUT2D eigenvalue weighted by molar-refractivity contribution is -0.238. The zero-order chi connectivity index (χ0) is 50.1. The van der Waals surface area contributed by atoms with Gasteiger partial charge in [-0.25, -0.2) is 32.9 Å². The lowest BCUT2D eigenvalue weighted by atomic mass is 9.83. The van der Waals surface area contributed by atoms with E-state index in [1.807, 2.05) is 28.0 Å². The first-order valence-electron chi connectivity index (χ1n) is 18.7. The third-order valence-corrected chi connectivity index (χ3v) is 10.7. The Bertz CT molecular complexity index is 2180. The van der Waals surface area contributed by atoms with Crippen LogP contribution in [-0.2, 0) is 41.5 Å². The Balaban J connectivity index is 2.31. The van der Waals surface area contributed by atoms with E-state index < -0.39 is 133 Å². The Labute approximate surface area is 387 Å². The van der Waals surface area contributed by atoms with Gasteiger partial charge in [-0.1, -0.05) is 23.7 Å². The van der Waals surface area contributed by atoms with Gasteiger partial charge in [0, 0.05) is 27.4 Å². The number of methoxy groups -OCH3 is 1. The Morgan fingerprint density at radius 1 is 0.879 bits per heavy atom. The monoisotopic (exact) mass is 1090 g/mol. The number of alkyl halides is 9. The molecule has 2 aromatic carbocycles. The van der Waals surface area contributed by atoms with Crippen LogP contribution in [0.15, 0.2) is 48.7 Å². The molecule has 0 aliphatic heterocycles. The van der Waals surface area contributed by atoms with Crippen molar-refractivity contribution in [1.82, 2.24) is 30.8 Å². The van der Waals surface area contributed by atoms with Gasteiger partial charge in [-0.05, 0) is 92.6 Å². The number of primary amides is 1. The number of nitrogens with two attached hydrogens (primary N) is 1. The molecule has 1 aromatic heterocycles. The van der Waals surface area contributed by atoms with Gasteiger partial charge in [-0.3, -0.25) is 15.0 Å². The summed E-state index contributed by atoms with van der Waals surface area (Å²) in [6, 6.07) is 2.84. The van der Waals surface area contributed by atoms with Gasteiger partial charge in [-0.15, -0.1) is 0 Å². The molecule has 0 fully saturated rings. The molecule has 16 nitrogen and oxygen atoms in total. The van der Waals surface area contributed by atoms with Gasteiger partial charge < -0.3 is 35.3 Å². The number of amides is 4. The van der Waals surface area contributed by atoms with E-state index in [0.717, 1.165) is 19.4 Å². The van der Waals surface area contributed by atoms with Crippen LogP contribution in [0.4, 0.5) is 58.3 Å². The first-order valence-corrected chi connectivity index (χ1v) is 20.3. The number of aromatic nitrogens is 2. The summed E-state index contributed by atoms with van der Waals surface area (Å²) in [5.41, 5.74) is -0.810. The fourth-order valence-electron chi connectivity index (χ4n) is 5.85. The fourth-order valence-corrected chi connectivity index (χ4v) is 6.29. The highest BCUT2D eigenvalue weighted by Gasteiger charge is 2.58. The molecule has 66 heavy (non-hydrogen) atoms. The summed E-state index contributed by atoms with van der Waals surface area (Å²) in [5, 5.41) is 7.90. The first kappa shape index (κ1) is 55.0. The minimum atomic E-state index is -5.26. The number of nitrogens with zero attached hydrogens (tertiary/aromatic N) is 3. The van der Waals surface area contributed by atoms with Crippen LogP contribution in [0.2, 0.25) is 0 Å². The second-order valence-corrected chi connectivity index (χ2v) is 16.6. The van der Waals surface area contributed by atoms with Crippen LogP contribution in [0, 0.1) is 26.0 Å². The van der Waals surface area contributed by atoms with Crippen molar-refractivity contribution in [2.75, 3.05) is 19.7 Å². The molecule has 0 spiro atoms. The zero-order valence-electron chi connectivity index (χ0n) is 35.0. The summed E-state index contributed by atoms with van der Waals surface area (Å²) in [5.74, 6) is -6.41. The fraction of sp³-hybridized carbons (Fsp3) is 0.474. The molecule has 0 radical (unpaired) electrons. The molecule has 3 aromatic rings. The topological polar surface area (TPSA) is 205 Å². The van der Waals surface area contributed by atoms with E-state index in [2.05, 4.69) is 24.6 Å². The molecule has 0 unspecified atom stereocenters. The smallest absolute Gasteiger partial charge is 0.453 e. The molecule has 0 bridgehead atoms. The van der Waals surface area contributed by atoms with Crippen molar-refractivity contribution in [3.05, 3.63) is 75.0 Å². The normalized spacial score (nSPS) is 14.2. The Morgan fingerprint density at radius 3 is 1.94 bits per heavy atom. The number of rotatable bonds is 19.